The zero-order valence-electron chi connectivity index (χ0n) is 12.6. The standard InChI is InChI=1S/C14H8ClFN4O5S/c15-9-3-1-7(5-12(9)20(24)25)13(21)18-14(26)17-11-6-8(19(22)23)2-4-10(11)16/h1-6H,(H2,17,18,21,26). The van der Waals surface area contributed by atoms with E-state index in [2.05, 4.69) is 10.6 Å². The van der Waals surface area contributed by atoms with Crippen LogP contribution in [0.5, 0.6) is 0 Å². The number of nitrogens with zero attached hydrogens (tertiary/aromatic N) is 2. The van der Waals surface area contributed by atoms with E-state index in [1.54, 1.807) is 0 Å². The van der Waals surface area contributed by atoms with Crippen LogP contribution in [-0.2, 0) is 0 Å². The van der Waals surface area contributed by atoms with Gasteiger partial charge in [-0.15, -0.1) is 0 Å². The molecule has 2 aromatic rings. The summed E-state index contributed by atoms with van der Waals surface area (Å²) in [5, 5.41) is 25.6. The third kappa shape index (κ3) is 4.46. The van der Waals surface area contributed by atoms with Crippen LogP contribution in [-0.4, -0.2) is 20.9 Å². The Kier molecular flexibility index (Phi) is 5.75. The molecule has 0 saturated heterocycles. The van der Waals surface area contributed by atoms with Gasteiger partial charge in [-0.25, -0.2) is 4.39 Å². The smallest absolute Gasteiger partial charge is 0.288 e. The number of hydrogen-bond acceptors (Lipinski definition) is 6. The van der Waals surface area contributed by atoms with Crippen molar-refractivity contribution in [2.75, 3.05) is 5.32 Å². The molecule has 0 saturated carbocycles. The molecule has 0 aromatic heterocycles. The summed E-state index contributed by atoms with van der Waals surface area (Å²) in [6.45, 7) is 0. The van der Waals surface area contributed by atoms with E-state index in [-0.39, 0.29) is 27.1 Å². The summed E-state index contributed by atoms with van der Waals surface area (Å²) in [5.41, 5.74) is -1.27. The number of non-ortho nitro benzene ring substituents is 1. The van der Waals surface area contributed by atoms with E-state index in [9.17, 15) is 29.4 Å². The molecular formula is C14H8ClFN4O5S. The first-order chi connectivity index (χ1) is 12.2. The lowest BCUT2D eigenvalue weighted by Gasteiger charge is -2.10. The van der Waals surface area contributed by atoms with Crippen LogP contribution in [0.1, 0.15) is 10.4 Å². The van der Waals surface area contributed by atoms with Gasteiger partial charge in [-0.3, -0.25) is 30.3 Å². The van der Waals surface area contributed by atoms with E-state index < -0.39 is 27.3 Å². The molecule has 1 amide bonds. The normalized spacial score (nSPS) is 10.1. The minimum Gasteiger partial charge on any atom is -0.330 e. The molecule has 134 valence electrons. The summed E-state index contributed by atoms with van der Waals surface area (Å²) in [7, 11) is 0. The van der Waals surface area contributed by atoms with Crippen LogP contribution in [0.2, 0.25) is 5.02 Å². The van der Waals surface area contributed by atoms with Crippen LogP contribution < -0.4 is 10.6 Å². The molecule has 2 N–H and O–H groups in total. The molecular weight excluding hydrogens is 391 g/mol. The van der Waals surface area contributed by atoms with Gasteiger partial charge in [-0.1, -0.05) is 11.6 Å². The van der Waals surface area contributed by atoms with Gasteiger partial charge in [0.2, 0.25) is 0 Å². The average Bonchev–Trinajstić information content (AvgIpc) is 2.56. The van der Waals surface area contributed by atoms with Gasteiger partial charge < -0.3 is 5.32 Å². The van der Waals surface area contributed by atoms with Crippen molar-refractivity contribution in [1.29, 1.82) is 0 Å². The van der Waals surface area contributed by atoms with Gasteiger partial charge in [0.15, 0.2) is 5.11 Å². The van der Waals surface area contributed by atoms with E-state index in [0.717, 1.165) is 24.3 Å². The Morgan fingerprint density at radius 2 is 1.81 bits per heavy atom. The number of nitro groups is 2. The molecule has 9 nitrogen and oxygen atoms in total. The predicted octanol–water partition coefficient (Wildman–Crippen LogP) is 3.42. The molecule has 0 aliphatic rings. The molecule has 0 unspecified atom stereocenters. The SMILES string of the molecule is O=C(NC(=S)Nc1cc([N+](=O)[O-])ccc1F)c1ccc(Cl)c([N+](=O)[O-])c1. The van der Waals surface area contributed by atoms with Crippen molar-refractivity contribution >= 4 is 51.9 Å². The maximum Gasteiger partial charge on any atom is 0.288 e. The van der Waals surface area contributed by atoms with Gasteiger partial charge in [0.05, 0.1) is 15.5 Å². The van der Waals surface area contributed by atoms with Crippen molar-refractivity contribution in [3.63, 3.8) is 0 Å². The number of amides is 1. The minimum atomic E-state index is -0.825. The molecule has 12 heteroatoms. The van der Waals surface area contributed by atoms with Crippen molar-refractivity contribution < 1.29 is 19.0 Å². The van der Waals surface area contributed by atoms with E-state index in [4.69, 9.17) is 23.8 Å². The van der Waals surface area contributed by atoms with Crippen molar-refractivity contribution in [3.8, 4) is 0 Å². The van der Waals surface area contributed by atoms with Crippen molar-refractivity contribution in [2.45, 2.75) is 0 Å². The zero-order chi connectivity index (χ0) is 19.4. The lowest BCUT2D eigenvalue weighted by Crippen LogP contribution is -2.34. The fourth-order valence-electron chi connectivity index (χ4n) is 1.85. The number of benzene rings is 2. The van der Waals surface area contributed by atoms with E-state index in [0.29, 0.717) is 0 Å². The highest BCUT2D eigenvalue weighted by molar-refractivity contribution is 7.80. The highest BCUT2D eigenvalue weighted by atomic mass is 35.5. The maximum atomic E-state index is 13.7. The number of carbonyl (C=O) groups excluding carboxylic acids is 1. The van der Waals surface area contributed by atoms with Gasteiger partial charge in [0.25, 0.3) is 17.3 Å². The second kappa shape index (κ2) is 7.80. The first kappa shape index (κ1) is 19.1. The number of nitrogens with one attached hydrogen (secondary N) is 2. The molecule has 0 bridgehead atoms. The lowest BCUT2D eigenvalue weighted by atomic mass is 10.2. The van der Waals surface area contributed by atoms with E-state index in [1.165, 1.54) is 12.1 Å². The van der Waals surface area contributed by atoms with Crippen molar-refractivity contribution in [1.82, 2.24) is 5.32 Å². The van der Waals surface area contributed by atoms with E-state index in [1.807, 2.05) is 0 Å². The Labute approximate surface area is 155 Å². The molecule has 0 aliphatic heterocycles. The summed E-state index contributed by atoms with van der Waals surface area (Å²) in [4.78, 5) is 32.2. The summed E-state index contributed by atoms with van der Waals surface area (Å²) in [6, 6.07) is 6.10. The number of thiocarbonyl (C=S) groups is 1. The summed E-state index contributed by atoms with van der Waals surface area (Å²) >= 11 is 10.5. The average molecular weight is 399 g/mol. The largest absolute Gasteiger partial charge is 0.330 e. The van der Waals surface area contributed by atoms with Crippen molar-refractivity contribution in [3.05, 3.63) is 73.0 Å². The Morgan fingerprint density at radius 3 is 2.42 bits per heavy atom. The van der Waals surface area contributed by atoms with Crippen LogP contribution in [0.15, 0.2) is 36.4 Å². The molecule has 0 radical (unpaired) electrons. The number of hydrogen-bond donors (Lipinski definition) is 2. The first-order valence-corrected chi connectivity index (χ1v) is 7.48. The third-order valence-electron chi connectivity index (χ3n) is 3.04. The molecule has 0 fully saturated rings. The second-order valence-corrected chi connectivity index (χ2v) is 5.57. The topological polar surface area (TPSA) is 127 Å². The summed E-state index contributed by atoms with van der Waals surface area (Å²) in [6.07, 6.45) is 0. The number of nitro benzene ring substituents is 2. The summed E-state index contributed by atoms with van der Waals surface area (Å²) in [5.74, 6) is -1.64. The zero-order valence-corrected chi connectivity index (χ0v) is 14.1. The van der Waals surface area contributed by atoms with Gasteiger partial charge in [-0.2, -0.15) is 0 Å². The second-order valence-electron chi connectivity index (χ2n) is 4.75. The Bertz CT molecular complexity index is 940. The number of halogens is 2. The monoisotopic (exact) mass is 398 g/mol. The molecule has 0 spiro atoms. The molecule has 2 rings (SSSR count). The fourth-order valence-corrected chi connectivity index (χ4v) is 2.23. The number of carbonyl (C=O) groups is 1. The first-order valence-electron chi connectivity index (χ1n) is 6.69. The quantitative estimate of drug-likeness (QED) is 0.458. The highest BCUT2D eigenvalue weighted by Gasteiger charge is 2.18. The Morgan fingerprint density at radius 1 is 1.12 bits per heavy atom. The third-order valence-corrected chi connectivity index (χ3v) is 3.56. The van der Waals surface area contributed by atoms with Crippen LogP contribution in [0.3, 0.4) is 0 Å². The molecule has 26 heavy (non-hydrogen) atoms. The van der Waals surface area contributed by atoms with Crippen LogP contribution in [0, 0.1) is 26.0 Å². The van der Waals surface area contributed by atoms with Gasteiger partial charge in [0.1, 0.15) is 10.8 Å². The molecule has 2 aromatic carbocycles. The van der Waals surface area contributed by atoms with Crippen LogP contribution in [0.4, 0.5) is 21.5 Å². The summed E-state index contributed by atoms with van der Waals surface area (Å²) < 4.78 is 13.7. The van der Waals surface area contributed by atoms with Gasteiger partial charge in [0, 0.05) is 23.8 Å². The predicted molar refractivity (Wildman–Crippen MR) is 94.8 cm³/mol. The highest BCUT2D eigenvalue weighted by Crippen LogP contribution is 2.25. The van der Waals surface area contributed by atoms with Crippen LogP contribution in [0.25, 0.3) is 0 Å². The lowest BCUT2D eigenvalue weighted by molar-refractivity contribution is -0.384. The van der Waals surface area contributed by atoms with Crippen molar-refractivity contribution in [2.24, 2.45) is 0 Å². The number of anilines is 1. The van der Waals surface area contributed by atoms with Gasteiger partial charge in [-0.05, 0) is 30.4 Å². The minimum absolute atomic E-state index is 0.107. The maximum absolute atomic E-state index is 13.7. The number of rotatable bonds is 4. The fraction of sp³-hybridized carbons (Fsp3) is 0. The van der Waals surface area contributed by atoms with Crippen LogP contribution >= 0.6 is 23.8 Å². The Hall–Kier alpha value is -3.18. The molecule has 0 atom stereocenters. The van der Waals surface area contributed by atoms with Gasteiger partial charge >= 0.3 is 0 Å². The Balaban J connectivity index is 2.14. The molecule has 0 heterocycles. The molecule has 0 aliphatic carbocycles. The van der Waals surface area contributed by atoms with E-state index >= 15 is 0 Å².